The third-order valence-corrected chi connectivity index (χ3v) is 6.79. The first-order valence-corrected chi connectivity index (χ1v) is 12.2. The molecule has 1 unspecified atom stereocenters. The van der Waals surface area contributed by atoms with E-state index < -0.39 is 6.09 Å². The number of nitrogens with zero attached hydrogens (tertiary/aromatic N) is 3. The topological polar surface area (TPSA) is 73.3 Å². The molecule has 2 heterocycles. The molecule has 0 spiro atoms. The molecular weight excluding hydrogens is 430 g/mol. The van der Waals surface area contributed by atoms with Gasteiger partial charge in [0, 0.05) is 50.9 Å². The highest BCUT2D eigenvalue weighted by molar-refractivity contribution is 5.68. The zero-order valence-corrected chi connectivity index (χ0v) is 20.2. The Hall–Kier alpha value is -3.22. The van der Waals surface area contributed by atoms with E-state index in [4.69, 9.17) is 4.74 Å². The third-order valence-electron chi connectivity index (χ3n) is 6.79. The van der Waals surface area contributed by atoms with Crippen LogP contribution in [0.1, 0.15) is 42.9 Å². The maximum Gasteiger partial charge on any atom is 0.410 e. The number of carboxylic acid groups (broad SMARTS) is 1. The SMILES string of the molecule is CC(C)CC1CN(C(=O)O)CCc2cc(N3CCN(C(=O)OCc4ccccc4)CC3)ccc21. The number of piperazine rings is 1. The molecule has 0 aromatic heterocycles. The van der Waals surface area contributed by atoms with Crippen molar-refractivity contribution >= 4 is 17.9 Å². The minimum atomic E-state index is -0.836. The van der Waals surface area contributed by atoms with Crippen LogP contribution >= 0.6 is 0 Å². The minimum Gasteiger partial charge on any atom is -0.465 e. The first kappa shape index (κ1) is 23.9. The van der Waals surface area contributed by atoms with Gasteiger partial charge in [0.05, 0.1) is 0 Å². The zero-order chi connectivity index (χ0) is 24.1. The van der Waals surface area contributed by atoms with Gasteiger partial charge in [0.15, 0.2) is 0 Å². The van der Waals surface area contributed by atoms with Crippen molar-refractivity contribution in [1.29, 1.82) is 0 Å². The molecule has 1 saturated heterocycles. The van der Waals surface area contributed by atoms with Gasteiger partial charge in [-0.3, -0.25) is 0 Å². The number of hydrogen-bond donors (Lipinski definition) is 1. The first-order chi connectivity index (χ1) is 16.4. The second kappa shape index (κ2) is 10.8. The Morgan fingerprint density at radius 2 is 1.74 bits per heavy atom. The summed E-state index contributed by atoms with van der Waals surface area (Å²) in [5.74, 6) is 0.722. The Morgan fingerprint density at radius 3 is 2.41 bits per heavy atom. The lowest BCUT2D eigenvalue weighted by Gasteiger charge is -2.36. The van der Waals surface area contributed by atoms with Crippen LogP contribution in [-0.2, 0) is 17.8 Å². The van der Waals surface area contributed by atoms with Crippen LogP contribution in [0.15, 0.2) is 48.5 Å². The molecule has 2 amide bonds. The maximum atomic E-state index is 12.5. The minimum absolute atomic E-state index is 0.221. The van der Waals surface area contributed by atoms with Crippen LogP contribution in [0.4, 0.5) is 15.3 Å². The number of rotatable bonds is 5. The van der Waals surface area contributed by atoms with Crippen molar-refractivity contribution < 1.29 is 19.4 Å². The van der Waals surface area contributed by atoms with Gasteiger partial charge in [-0.2, -0.15) is 0 Å². The number of ether oxygens (including phenoxy) is 1. The third kappa shape index (κ3) is 5.82. The molecule has 7 nitrogen and oxygen atoms in total. The predicted molar refractivity (Wildman–Crippen MR) is 132 cm³/mol. The predicted octanol–water partition coefficient (Wildman–Crippen LogP) is 4.81. The van der Waals surface area contributed by atoms with Gasteiger partial charge in [0.2, 0.25) is 0 Å². The Bertz CT molecular complexity index is 987. The van der Waals surface area contributed by atoms with E-state index in [1.54, 1.807) is 9.80 Å². The number of anilines is 1. The van der Waals surface area contributed by atoms with Gasteiger partial charge < -0.3 is 24.5 Å². The molecule has 2 aliphatic rings. The van der Waals surface area contributed by atoms with Crippen LogP contribution in [0.5, 0.6) is 0 Å². The van der Waals surface area contributed by atoms with Crippen molar-refractivity contribution in [3.8, 4) is 0 Å². The normalized spacial score (nSPS) is 18.4. The van der Waals surface area contributed by atoms with Gasteiger partial charge in [0.25, 0.3) is 0 Å². The van der Waals surface area contributed by atoms with Gasteiger partial charge >= 0.3 is 12.2 Å². The molecule has 7 heteroatoms. The van der Waals surface area contributed by atoms with Crippen LogP contribution in [0.25, 0.3) is 0 Å². The van der Waals surface area contributed by atoms with Crippen molar-refractivity contribution in [2.75, 3.05) is 44.2 Å². The molecule has 1 atom stereocenters. The lowest BCUT2D eigenvalue weighted by molar-refractivity contribution is 0.0942. The maximum absolute atomic E-state index is 12.5. The molecule has 0 saturated carbocycles. The number of amides is 2. The molecule has 2 aliphatic heterocycles. The van der Waals surface area contributed by atoms with Crippen LogP contribution in [-0.4, -0.2) is 66.4 Å². The van der Waals surface area contributed by atoms with E-state index >= 15 is 0 Å². The number of carbonyl (C=O) groups is 2. The Labute approximate surface area is 201 Å². The second-order valence-corrected chi connectivity index (χ2v) is 9.70. The van der Waals surface area contributed by atoms with Gasteiger partial charge in [-0.25, -0.2) is 9.59 Å². The largest absolute Gasteiger partial charge is 0.465 e. The average molecular weight is 466 g/mol. The quantitative estimate of drug-likeness (QED) is 0.686. The number of hydrogen-bond acceptors (Lipinski definition) is 4. The molecule has 0 radical (unpaired) electrons. The summed E-state index contributed by atoms with van der Waals surface area (Å²) in [6, 6.07) is 16.3. The number of carbonyl (C=O) groups excluding carboxylic acids is 1. The molecular formula is C27H35N3O4. The van der Waals surface area contributed by atoms with E-state index in [0.717, 1.165) is 37.2 Å². The molecule has 34 heavy (non-hydrogen) atoms. The van der Waals surface area contributed by atoms with Crippen molar-refractivity contribution in [1.82, 2.24) is 9.80 Å². The standard InChI is InChI=1S/C27H35N3O4/c1-20(2)16-23-18-30(26(31)32)11-10-22-17-24(8-9-25(22)23)28-12-14-29(15-13-28)27(33)34-19-21-6-4-3-5-7-21/h3-9,17,20,23H,10-16,18-19H2,1-2H3,(H,31,32). The summed E-state index contributed by atoms with van der Waals surface area (Å²) in [5.41, 5.74) is 4.65. The first-order valence-electron chi connectivity index (χ1n) is 12.2. The lowest BCUT2D eigenvalue weighted by Crippen LogP contribution is -2.49. The van der Waals surface area contributed by atoms with Crippen LogP contribution in [0.2, 0.25) is 0 Å². The molecule has 4 rings (SSSR count). The van der Waals surface area contributed by atoms with Crippen molar-refractivity contribution in [2.45, 2.75) is 39.2 Å². The Kier molecular flexibility index (Phi) is 7.60. The summed E-state index contributed by atoms with van der Waals surface area (Å²) >= 11 is 0. The highest BCUT2D eigenvalue weighted by Crippen LogP contribution is 2.33. The van der Waals surface area contributed by atoms with Gasteiger partial charge in [-0.1, -0.05) is 50.2 Å². The van der Waals surface area contributed by atoms with E-state index in [0.29, 0.717) is 32.1 Å². The molecule has 0 bridgehead atoms. The molecule has 1 N–H and O–H groups in total. The Morgan fingerprint density at radius 1 is 1.00 bits per heavy atom. The molecule has 182 valence electrons. The van der Waals surface area contributed by atoms with Crippen molar-refractivity contribution in [3.05, 3.63) is 65.2 Å². The lowest BCUT2D eigenvalue weighted by atomic mass is 9.87. The summed E-state index contributed by atoms with van der Waals surface area (Å²) < 4.78 is 5.49. The Balaban J connectivity index is 1.38. The molecule has 0 aliphatic carbocycles. The van der Waals surface area contributed by atoms with E-state index in [9.17, 15) is 14.7 Å². The highest BCUT2D eigenvalue weighted by atomic mass is 16.6. The fourth-order valence-corrected chi connectivity index (χ4v) is 5.02. The summed E-state index contributed by atoms with van der Waals surface area (Å²) in [5, 5.41) is 9.60. The zero-order valence-electron chi connectivity index (χ0n) is 20.2. The van der Waals surface area contributed by atoms with Crippen LogP contribution in [0, 0.1) is 5.92 Å². The van der Waals surface area contributed by atoms with E-state index in [1.807, 2.05) is 30.3 Å². The monoisotopic (exact) mass is 465 g/mol. The molecule has 2 aromatic rings. The molecule has 1 fully saturated rings. The smallest absolute Gasteiger partial charge is 0.410 e. The fraction of sp³-hybridized carbons (Fsp3) is 0.481. The summed E-state index contributed by atoms with van der Waals surface area (Å²) in [4.78, 5) is 29.8. The molecule has 2 aromatic carbocycles. The van der Waals surface area contributed by atoms with Gasteiger partial charge in [-0.15, -0.1) is 0 Å². The number of benzene rings is 2. The van der Waals surface area contributed by atoms with E-state index in [1.165, 1.54) is 11.1 Å². The van der Waals surface area contributed by atoms with Crippen molar-refractivity contribution in [3.63, 3.8) is 0 Å². The summed E-state index contributed by atoms with van der Waals surface area (Å²) in [6.07, 6.45) is 0.600. The van der Waals surface area contributed by atoms with Crippen LogP contribution in [0.3, 0.4) is 0 Å². The van der Waals surface area contributed by atoms with Gasteiger partial charge in [-0.05, 0) is 47.6 Å². The fourth-order valence-electron chi connectivity index (χ4n) is 5.02. The van der Waals surface area contributed by atoms with E-state index in [2.05, 4.69) is 36.9 Å². The average Bonchev–Trinajstić information content (AvgIpc) is 3.02. The summed E-state index contributed by atoms with van der Waals surface area (Å²) in [6.45, 7) is 8.48. The number of fused-ring (bicyclic) bond motifs is 1. The van der Waals surface area contributed by atoms with E-state index in [-0.39, 0.29) is 18.6 Å². The highest BCUT2D eigenvalue weighted by Gasteiger charge is 2.28. The van der Waals surface area contributed by atoms with Crippen molar-refractivity contribution in [2.24, 2.45) is 5.92 Å². The summed E-state index contributed by atoms with van der Waals surface area (Å²) in [7, 11) is 0. The van der Waals surface area contributed by atoms with Gasteiger partial charge in [0.1, 0.15) is 6.61 Å². The van der Waals surface area contributed by atoms with Crippen LogP contribution < -0.4 is 4.90 Å². The second-order valence-electron chi connectivity index (χ2n) is 9.70.